The molecule has 0 saturated carbocycles. The van der Waals surface area contributed by atoms with E-state index in [0.29, 0.717) is 28.4 Å². The van der Waals surface area contributed by atoms with Gasteiger partial charge >= 0.3 is 0 Å². The number of aromatic amines is 1. The number of H-pyrrole nitrogens is 1. The number of ketones is 2. The zero-order valence-electron chi connectivity index (χ0n) is 16.4. The van der Waals surface area contributed by atoms with Gasteiger partial charge in [0.2, 0.25) is 0 Å². The summed E-state index contributed by atoms with van der Waals surface area (Å²) in [4.78, 5) is 29.4. The molecule has 0 radical (unpaired) electrons. The van der Waals surface area contributed by atoms with E-state index >= 15 is 0 Å². The molecule has 0 atom stereocenters. The second-order valence-corrected chi connectivity index (χ2v) is 7.49. The minimum atomic E-state index is -0.0555. The van der Waals surface area contributed by atoms with Gasteiger partial charge in [0.15, 0.2) is 11.6 Å². The number of hydrogen-bond acceptors (Lipinski definition) is 4. The Kier molecular flexibility index (Phi) is 5.87. The van der Waals surface area contributed by atoms with Crippen LogP contribution in [0.1, 0.15) is 44.8 Å². The van der Waals surface area contributed by atoms with Crippen molar-refractivity contribution in [2.24, 2.45) is 0 Å². The molecular formula is C22H23ClN2O3. The maximum absolute atomic E-state index is 12.7. The number of carbonyl (C=O) groups excluding carboxylic acids is 2. The van der Waals surface area contributed by atoms with Crippen LogP contribution >= 0.6 is 11.6 Å². The van der Waals surface area contributed by atoms with E-state index in [4.69, 9.17) is 16.0 Å². The van der Waals surface area contributed by atoms with E-state index in [9.17, 15) is 9.59 Å². The van der Waals surface area contributed by atoms with Gasteiger partial charge in [-0.2, -0.15) is 0 Å². The Morgan fingerprint density at radius 3 is 2.39 bits per heavy atom. The topological polar surface area (TPSA) is 66.3 Å². The lowest BCUT2D eigenvalue weighted by Crippen LogP contribution is -2.26. The van der Waals surface area contributed by atoms with Crippen LogP contribution in [0.2, 0.25) is 5.02 Å². The summed E-state index contributed by atoms with van der Waals surface area (Å²) < 4.78 is 5.90. The van der Waals surface area contributed by atoms with Gasteiger partial charge in [-0.3, -0.25) is 14.5 Å². The van der Waals surface area contributed by atoms with Gasteiger partial charge in [-0.15, -0.1) is 0 Å². The number of carbonyl (C=O) groups is 2. The number of likely N-dealkylation sites (N-methyl/N-ethyl adjacent to an activating group) is 1. The lowest BCUT2D eigenvalue weighted by molar-refractivity contribution is 0.0934. The molecule has 5 nitrogen and oxygen atoms in total. The summed E-state index contributed by atoms with van der Waals surface area (Å²) in [7, 11) is 1.86. The molecule has 0 aliphatic rings. The van der Waals surface area contributed by atoms with E-state index in [1.54, 1.807) is 6.92 Å². The van der Waals surface area contributed by atoms with Crippen LogP contribution in [-0.2, 0) is 6.54 Å². The molecule has 0 saturated heterocycles. The van der Waals surface area contributed by atoms with Crippen molar-refractivity contribution in [1.29, 1.82) is 0 Å². The molecule has 2 aromatic heterocycles. The van der Waals surface area contributed by atoms with Gasteiger partial charge in [0.25, 0.3) is 0 Å². The summed E-state index contributed by atoms with van der Waals surface area (Å²) in [5.74, 6) is 1.43. The highest BCUT2D eigenvalue weighted by Crippen LogP contribution is 2.24. The molecule has 6 heteroatoms. The Labute approximate surface area is 169 Å². The Morgan fingerprint density at radius 1 is 1.11 bits per heavy atom. The summed E-state index contributed by atoms with van der Waals surface area (Å²) >= 11 is 5.92. The van der Waals surface area contributed by atoms with Gasteiger partial charge in [-0.25, -0.2) is 0 Å². The van der Waals surface area contributed by atoms with Crippen molar-refractivity contribution in [3.63, 3.8) is 0 Å². The number of aromatic nitrogens is 1. The first kappa shape index (κ1) is 20.1. The minimum Gasteiger partial charge on any atom is -0.460 e. The fraction of sp³-hybridized carbons (Fsp3) is 0.273. The zero-order chi connectivity index (χ0) is 20.4. The minimum absolute atomic E-state index is 0.0380. The number of furan rings is 1. The molecule has 3 aromatic rings. The third-order valence-electron chi connectivity index (χ3n) is 4.70. The lowest BCUT2D eigenvalue weighted by atomic mass is 10.1. The summed E-state index contributed by atoms with van der Waals surface area (Å²) in [5, 5.41) is 0.677. The van der Waals surface area contributed by atoms with Crippen molar-refractivity contribution < 1.29 is 14.0 Å². The Balaban J connectivity index is 1.67. The van der Waals surface area contributed by atoms with Crippen molar-refractivity contribution in [3.8, 4) is 11.3 Å². The van der Waals surface area contributed by atoms with Gasteiger partial charge in [0, 0.05) is 21.8 Å². The highest BCUT2D eigenvalue weighted by Gasteiger charge is 2.21. The molecule has 0 amide bonds. The molecule has 146 valence electrons. The van der Waals surface area contributed by atoms with Crippen LogP contribution in [0, 0.1) is 13.8 Å². The quantitative estimate of drug-likeness (QED) is 0.565. The molecule has 1 aromatic carbocycles. The number of nitrogens with one attached hydrogen (secondary N) is 1. The summed E-state index contributed by atoms with van der Waals surface area (Å²) in [5.41, 5.74) is 3.49. The maximum atomic E-state index is 12.7. The normalized spacial score (nSPS) is 11.2. The Hall–Kier alpha value is -2.63. The molecule has 0 fully saturated rings. The smallest absolute Gasteiger partial charge is 0.193 e. The number of nitrogens with zero attached hydrogens (tertiary/aromatic N) is 1. The third kappa shape index (κ3) is 4.26. The Morgan fingerprint density at radius 2 is 1.79 bits per heavy atom. The van der Waals surface area contributed by atoms with Crippen LogP contribution in [0.3, 0.4) is 0 Å². The van der Waals surface area contributed by atoms with Gasteiger partial charge in [0.1, 0.15) is 11.5 Å². The Bertz CT molecular complexity index is 1020. The van der Waals surface area contributed by atoms with Crippen molar-refractivity contribution in [2.75, 3.05) is 13.6 Å². The second-order valence-electron chi connectivity index (χ2n) is 7.05. The number of benzene rings is 1. The molecule has 0 bridgehead atoms. The van der Waals surface area contributed by atoms with Gasteiger partial charge in [0.05, 0.1) is 18.8 Å². The number of rotatable bonds is 7. The first-order valence-electron chi connectivity index (χ1n) is 9.02. The fourth-order valence-corrected chi connectivity index (χ4v) is 3.56. The van der Waals surface area contributed by atoms with Crippen LogP contribution in [0.15, 0.2) is 40.8 Å². The standard InChI is InChI=1S/C22H23ClN2O3/c1-13-21(15(3)26)14(2)24-22(13)19(27)12-25(4)11-18-9-10-20(28-18)16-5-7-17(23)8-6-16/h5-10,24H,11-12H2,1-4H3. The first-order valence-corrected chi connectivity index (χ1v) is 9.40. The van der Waals surface area contributed by atoms with Gasteiger partial charge in [-0.1, -0.05) is 11.6 Å². The van der Waals surface area contributed by atoms with E-state index < -0.39 is 0 Å². The lowest BCUT2D eigenvalue weighted by Gasteiger charge is -2.14. The van der Waals surface area contributed by atoms with Crippen LogP contribution in [0.4, 0.5) is 0 Å². The predicted molar refractivity (Wildman–Crippen MR) is 110 cm³/mol. The monoisotopic (exact) mass is 398 g/mol. The maximum Gasteiger partial charge on any atom is 0.193 e. The fourth-order valence-electron chi connectivity index (χ4n) is 3.44. The summed E-state index contributed by atoms with van der Waals surface area (Å²) in [6.45, 7) is 5.84. The highest BCUT2D eigenvalue weighted by atomic mass is 35.5. The number of hydrogen-bond donors (Lipinski definition) is 1. The number of halogens is 1. The number of aryl methyl sites for hydroxylation is 1. The molecule has 0 spiro atoms. The molecule has 3 rings (SSSR count). The van der Waals surface area contributed by atoms with E-state index in [0.717, 1.165) is 22.8 Å². The average molecular weight is 399 g/mol. The molecule has 1 N–H and O–H groups in total. The molecule has 2 heterocycles. The van der Waals surface area contributed by atoms with Crippen LogP contribution in [0.5, 0.6) is 0 Å². The molecular weight excluding hydrogens is 376 g/mol. The largest absolute Gasteiger partial charge is 0.460 e. The van der Waals surface area contributed by atoms with E-state index in [1.165, 1.54) is 6.92 Å². The van der Waals surface area contributed by atoms with E-state index in [2.05, 4.69) is 4.98 Å². The predicted octanol–water partition coefficient (Wildman–Crippen LogP) is 5.06. The SMILES string of the molecule is CC(=O)c1c(C)[nH]c(C(=O)CN(C)Cc2ccc(-c3ccc(Cl)cc3)o2)c1C. The zero-order valence-corrected chi connectivity index (χ0v) is 17.2. The highest BCUT2D eigenvalue weighted by molar-refractivity contribution is 6.30. The van der Waals surface area contributed by atoms with Crippen molar-refractivity contribution >= 4 is 23.2 Å². The number of Topliss-reactive ketones (excluding diaryl/α,β-unsaturated/α-hetero) is 2. The summed E-state index contributed by atoms with van der Waals surface area (Å²) in [6, 6.07) is 11.3. The van der Waals surface area contributed by atoms with Crippen molar-refractivity contribution in [3.05, 3.63) is 69.7 Å². The molecule has 0 aliphatic carbocycles. The van der Waals surface area contributed by atoms with Crippen molar-refractivity contribution in [1.82, 2.24) is 9.88 Å². The second kappa shape index (κ2) is 8.17. The molecule has 0 aliphatic heterocycles. The van der Waals surface area contributed by atoms with Crippen molar-refractivity contribution in [2.45, 2.75) is 27.3 Å². The summed E-state index contributed by atoms with van der Waals surface area (Å²) in [6.07, 6.45) is 0. The first-order chi connectivity index (χ1) is 13.3. The molecule has 0 unspecified atom stereocenters. The molecule has 28 heavy (non-hydrogen) atoms. The van der Waals surface area contributed by atoms with Gasteiger partial charge < -0.3 is 9.40 Å². The van der Waals surface area contributed by atoms with E-state index in [-0.39, 0.29) is 18.1 Å². The van der Waals surface area contributed by atoms with Crippen LogP contribution in [0.25, 0.3) is 11.3 Å². The van der Waals surface area contributed by atoms with Crippen LogP contribution < -0.4 is 0 Å². The van der Waals surface area contributed by atoms with Gasteiger partial charge in [-0.05, 0) is 69.8 Å². The third-order valence-corrected chi connectivity index (χ3v) is 4.95. The van der Waals surface area contributed by atoms with E-state index in [1.807, 2.05) is 55.3 Å². The van der Waals surface area contributed by atoms with Crippen LogP contribution in [-0.4, -0.2) is 35.0 Å². The average Bonchev–Trinajstić information content (AvgIpc) is 3.19.